The van der Waals surface area contributed by atoms with Gasteiger partial charge in [0.2, 0.25) is 0 Å². The van der Waals surface area contributed by atoms with Crippen LogP contribution >= 0.6 is 11.6 Å². The minimum absolute atomic E-state index is 0.220. The molecular weight excluding hydrogens is 365 g/mol. The van der Waals surface area contributed by atoms with Gasteiger partial charge in [-0.1, -0.05) is 0 Å². The summed E-state index contributed by atoms with van der Waals surface area (Å²) in [5.41, 5.74) is 2.27. The third kappa shape index (κ3) is 2.66. The van der Waals surface area contributed by atoms with E-state index in [0.29, 0.717) is 0 Å². The molecule has 4 nitrogen and oxygen atoms in total. The summed E-state index contributed by atoms with van der Waals surface area (Å²) >= 11 is 6.20. The van der Waals surface area contributed by atoms with Crippen molar-refractivity contribution in [2.24, 2.45) is 0 Å². The minimum atomic E-state index is 0.220. The first-order chi connectivity index (χ1) is 10.8. The Morgan fingerprint density at radius 1 is 1.09 bits per heavy atom. The van der Waals surface area contributed by atoms with Crippen LogP contribution in [0.4, 0.5) is 5.82 Å². The van der Waals surface area contributed by atoms with Gasteiger partial charge in [0.25, 0.3) is 0 Å². The molecule has 1 aromatic carbocycles. The average molecular weight is 379 g/mol. The molecule has 112 valence electrons. The molecule has 1 saturated heterocycles. The van der Waals surface area contributed by atoms with Crippen LogP contribution in [0.3, 0.4) is 0 Å². The van der Waals surface area contributed by atoms with Crippen LogP contribution in [0.15, 0.2) is 36.7 Å². The normalized spacial score (nSPS) is 15.4. The molecule has 0 unspecified atom stereocenters. The zero-order chi connectivity index (χ0) is 14.9. The van der Waals surface area contributed by atoms with Crippen molar-refractivity contribution in [2.75, 3.05) is 31.2 Å². The quantitative estimate of drug-likeness (QED) is 0.643. The van der Waals surface area contributed by atoms with E-state index in [1.54, 1.807) is 6.33 Å². The van der Waals surface area contributed by atoms with Crippen LogP contribution < -0.4 is 4.90 Å². The van der Waals surface area contributed by atoms with Crippen molar-refractivity contribution in [3.05, 3.63) is 41.7 Å². The van der Waals surface area contributed by atoms with Gasteiger partial charge in [0.05, 0.1) is 0 Å². The van der Waals surface area contributed by atoms with Gasteiger partial charge >= 0.3 is 139 Å². The average Bonchev–Trinajstić information content (AvgIpc) is 3.00. The Morgan fingerprint density at radius 2 is 1.86 bits per heavy atom. The molecule has 0 saturated carbocycles. The summed E-state index contributed by atoms with van der Waals surface area (Å²) < 4.78 is 8.04. The summed E-state index contributed by atoms with van der Waals surface area (Å²) in [4.78, 5) is 11.3. The first-order valence-corrected chi connectivity index (χ1v) is 9.23. The number of anilines is 1. The third-order valence-corrected chi connectivity index (χ3v) is 6.44. The van der Waals surface area contributed by atoms with Crippen molar-refractivity contribution in [3.8, 4) is 10.0 Å². The second kappa shape index (κ2) is 6.01. The fourth-order valence-electron chi connectivity index (χ4n) is 2.60. The Kier molecular flexibility index (Phi) is 3.89. The Balaban J connectivity index is 1.78. The molecular formula is C16H14ClN3OSe. The molecule has 0 atom stereocenters. The SMILES string of the molecule is Clc1ccc(-c2cc3ncnc(N4CCOCC4)c3[se]2)cc1. The number of ether oxygens (including phenoxy) is 1. The maximum atomic E-state index is 5.98. The third-order valence-electron chi connectivity index (χ3n) is 3.73. The number of hydrogen-bond donors (Lipinski definition) is 0. The zero-order valence-corrected chi connectivity index (χ0v) is 14.3. The number of halogens is 1. The van der Waals surface area contributed by atoms with Crippen LogP contribution in [-0.2, 0) is 4.74 Å². The molecule has 2 aromatic heterocycles. The fourth-order valence-corrected chi connectivity index (χ4v) is 5.10. The number of nitrogens with zero attached hydrogens (tertiary/aromatic N) is 3. The van der Waals surface area contributed by atoms with Crippen LogP contribution in [0.25, 0.3) is 19.8 Å². The molecule has 22 heavy (non-hydrogen) atoms. The van der Waals surface area contributed by atoms with Gasteiger partial charge in [0, 0.05) is 0 Å². The monoisotopic (exact) mass is 379 g/mol. The molecule has 0 spiro atoms. The van der Waals surface area contributed by atoms with Crippen molar-refractivity contribution in [3.63, 3.8) is 0 Å². The van der Waals surface area contributed by atoms with Crippen LogP contribution in [0.5, 0.6) is 0 Å². The molecule has 4 rings (SSSR count). The second-order valence-corrected chi connectivity index (χ2v) is 7.77. The van der Waals surface area contributed by atoms with Crippen molar-refractivity contribution < 1.29 is 4.74 Å². The summed E-state index contributed by atoms with van der Waals surface area (Å²) in [7, 11) is 0. The van der Waals surface area contributed by atoms with E-state index in [0.717, 1.165) is 42.7 Å². The van der Waals surface area contributed by atoms with Crippen LogP contribution in [0.1, 0.15) is 0 Å². The van der Waals surface area contributed by atoms with Crippen molar-refractivity contribution >= 4 is 41.7 Å². The Hall–Kier alpha value is -1.39. The van der Waals surface area contributed by atoms with E-state index in [-0.39, 0.29) is 14.5 Å². The van der Waals surface area contributed by atoms with Gasteiger partial charge in [-0.05, 0) is 0 Å². The number of rotatable bonds is 2. The standard InChI is InChI=1S/C16H14ClN3OSe/c17-12-3-1-11(2-4-12)14-9-13-15(22-14)16(19-10-18-13)20-5-7-21-8-6-20/h1-4,9-10H,5-8H2. The molecule has 1 fully saturated rings. The number of hydrogen-bond acceptors (Lipinski definition) is 4. The van der Waals surface area contributed by atoms with Crippen LogP contribution in [0.2, 0.25) is 5.02 Å². The molecule has 3 aromatic rings. The first-order valence-electron chi connectivity index (χ1n) is 7.14. The first kappa shape index (κ1) is 14.2. The Bertz CT molecular complexity index is 797. The zero-order valence-electron chi connectivity index (χ0n) is 11.8. The molecule has 3 heterocycles. The predicted octanol–water partition coefficient (Wildman–Crippen LogP) is 2.84. The number of fused-ring (bicyclic) bond motifs is 1. The van der Waals surface area contributed by atoms with Gasteiger partial charge in [-0.15, -0.1) is 0 Å². The van der Waals surface area contributed by atoms with Gasteiger partial charge in [-0.2, -0.15) is 0 Å². The molecule has 1 aliphatic heterocycles. The maximum absolute atomic E-state index is 5.98. The van der Waals surface area contributed by atoms with Gasteiger partial charge in [0.15, 0.2) is 0 Å². The van der Waals surface area contributed by atoms with E-state index in [1.807, 2.05) is 12.1 Å². The summed E-state index contributed by atoms with van der Waals surface area (Å²) in [6.45, 7) is 3.33. The molecule has 0 aliphatic carbocycles. The van der Waals surface area contributed by atoms with E-state index in [2.05, 4.69) is 33.1 Å². The molecule has 0 radical (unpaired) electrons. The molecule has 1 aliphatic rings. The fraction of sp³-hybridized carbons (Fsp3) is 0.250. The van der Waals surface area contributed by atoms with Gasteiger partial charge in [0.1, 0.15) is 0 Å². The van der Waals surface area contributed by atoms with E-state index >= 15 is 0 Å². The van der Waals surface area contributed by atoms with Crippen LogP contribution in [0, 0.1) is 0 Å². The molecule has 0 amide bonds. The van der Waals surface area contributed by atoms with Gasteiger partial charge < -0.3 is 0 Å². The Labute approximate surface area is 139 Å². The molecule has 0 N–H and O–H groups in total. The second-order valence-electron chi connectivity index (χ2n) is 5.13. The van der Waals surface area contributed by atoms with Gasteiger partial charge in [-0.25, -0.2) is 0 Å². The van der Waals surface area contributed by atoms with Crippen molar-refractivity contribution in [1.82, 2.24) is 9.97 Å². The number of aromatic nitrogens is 2. The van der Waals surface area contributed by atoms with Crippen LogP contribution in [-0.4, -0.2) is 50.8 Å². The van der Waals surface area contributed by atoms with E-state index in [1.165, 1.54) is 14.3 Å². The summed E-state index contributed by atoms with van der Waals surface area (Å²) in [5, 5.41) is 0.765. The van der Waals surface area contributed by atoms with E-state index < -0.39 is 0 Å². The number of morpholine rings is 1. The van der Waals surface area contributed by atoms with E-state index in [9.17, 15) is 0 Å². The Morgan fingerprint density at radius 3 is 2.64 bits per heavy atom. The predicted molar refractivity (Wildman–Crippen MR) is 90.0 cm³/mol. The van der Waals surface area contributed by atoms with E-state index in [4.69, 9.17) is 16.3 Å². The topological polar surface area (TPSA) is 38.2 Å². The van der Waals surface area contributed by atoms with Crippen molar-refractivity contribution in [2.45, 2.75) is 0 Å². The van der Waals surface area contributed by atoms with Gasteiger partial charge in [-0.3, -0.25) is 0 Å². The molecule has 6 heteroatoms. The summed E-state index contributed by atoms with van der Waals surface area (Å²) in [6, 6.07) is 10.2. The summed E-state index contributed by atoms with van der Waals surface area (Å²) in [6.07, 6.45) is 1.67. The summed E-state index contributed by atoms with van der Waals surface area (Å²) in [5.74, 6) is 1.08. The number of benzene rings is 1. The van der Waals surface area contributed by atoms with Crippen molar-refractivity contribution in [1.29, 1.82) is 0 Å². The molecule has 0 bridgehead atoms.